The van der Waals surface area contributed by atoms with Crippen molar-refractivity contribution in [3.05, 3.63) is 71.9 Å². The molecule has 0 unspecified atom stereocenters. The molecular weight excluding hydrogens is 384 g/mol. The number of carbonyl (C=O) groups excluding carboxylic acids is 2. The van der Waals surface area contributed by atoms with Crippen LogP contribution in [0.4, 0.5) is 0 Å². The van der Waals surface area contributed by atoms with Gasteiger partial charge in [-0.15, -0.1) is 0 Å². The first kappa shape index (κ1) is 19.7. The van der Waals surface area contributed by atoms with Crippen molar-refractivity contribution in [2.45, 2.75) is 18.9 Å². The number of benzene rings is 2. The smallest absolute Gasteiger partial charge is 0.287 e. The lowest BCUT2D eigenvalue weighted by atomic mass is 10.1. The molecule has 1 atom stereocenters. The normalized spacial score (nSPS) is 15.5. The summed E-state index contributed by atoms with van der Waals surface area (Å²) in [6, 6.07) is 18.0. The third-order valence-electron chi connectivity index (χ3n) is 4.76. The maximum atomic E-state index is 12.6. The molecule has 3 aromatic rings. The molecule has 1 saturated heterocycles. The first-order valence-electron chi connectivity index (χ1n) is 9.75. The van der Waals surface area contributed by atoms with Crippen LogP contribution in [0.15, 0.2) is 60.7 Å². The number of hydrogen-bond donors (Lipinski definition) is 3. The number of amides is 2. The van der Waals surface area contributed by atoms with Gasteiger partial charge in [0.15, 0.2) is 0 Å². The van der Waals surface area contributed by atoms with E-state index in [2.05, 4.69) is 21.0 Å². The summed E-state index contributed by atoms with van der Waals surface area (Å²) >= 11 is 0. The molecule has 154 valence electrons. The maximum Gasteiger partial charge on any atom is 0.287 e. The Morgan fingerprint density at radius 3 is 2.63 bits per heavy atom. The molecule has 30 heavy (non-hydrogen) atoms. The number of H-pyrrole nitrogens is 1. The first-order valence-corrected chi connectivity index (χ1v) is 9.75. The predicted octanol–water partition coefficient (Wildman–Crippen LogP) is 2.71. The Hall–Kier alpha value is -3.65. The summed E-state index contributed by atoms with van der Waals surface area (Å²) in [5.74, 6) is -0.544. The van der Waals surface area contributed by atoms with Gasteiger partial charge >= 0.3 is 0 Å². The van der Waals surface area contributed by atoms with Gasteiger partial charge in [-0.3, -0.25) is 25.5 Å². The Morgan fingerprint density at radius 2 is 1.83 bits per heavy atom. The molecule has 4 rings (SSSR count). The number of para-hydroxylation sites is 1. The Kier molecular flexibility index (Phi) is 6.05. The van der Waals surface area contributed by atoms with Gasteiger partial charge in [-0.25, -0.2) is 0 Å². The molecule has 8 nitrogen and oxygen atoms in total. The summed E-state index contributed by atoms with van der Waals surface area (Å²) < 4.78 is 11.3. The predicted molar refractivity (Wildman–Crippen MR) is 110 cm³/mol. The minimum atomic E-state index is -0.504. The molecule has 0 saturated carbocycles. The van der Waals surface area contributed by atoms with Gasteiger partial charge in [0, 0.05) is 12.2 Å². The Balaban J connectivity index is 1.35. The molecule has 1 aliphatic rings. The van der Waals surface area contributed by atoms with E-state index in [1.807, 2.05) is 30.3 Å². The molecule has 2 heterocycles. The number of ether oxygens (including phenoxy) is 2. The van der Waals surface area contributed by atoms with E-state index in [0.717, 1.165) is 25.0 Å². The molecule has 3 N–H and O–H groups in total. The van der Waals surface area contributed by atoms with Gasteiger partial charge in [-0.05, 0) is 31.0 Å². The lowest BCUT2D eigenvalue weighted by molar-refractivity contribution is 0.0669. The van der Waals surface area contributed by atoms with E-state index in [9.17, 15) is 9.59 Å². The number of hydrazine groups is 1. The molecule has 2 amide bonds. The van der Waals surface area contributed by atoms with Gasteiger partial charge in [-0.1, -0.05) is 42.5 Å². The van der Waals surface area contributed by atoms with Gasteiger partial charge in [0.2, 0.25) is 0 Å². The maximum absolute atomic E-state index is 12.6. The SMILES string of the molecule is O=C(NNC(=O)c1ccccc1OC[C@@H]1CCCO1)c1cc(-c2ccccc2)n[nH]1. The monoisotopic (exact) mass is 406 g/mol. The summed E-state index contributed by atoms with van der Waals surface area (Å²) in [7, 11) is 0. The first-order chi connectivity index (χ1) is 14.7. The molecule has 0 aliphatic carbocycles. The Morgan fingerprint density at radius 1 is 1.07 bits per heavy atom. The van der Waals surface area contributed by atoms with Gasteiger partial charge in [0.1, 0.15) is 18.1 Å². The van der Waals surface area contributed by atoms with Crippen molar-refractivity contribution >= 4 is 11.8 Å². The summed E-state index contributed by atoms with van der Waals surface area (Å²) in [4.78, 5) is 24.9. The average molecular weight is 406 g/mol. The highest BCUT2D eigenvalue weighted by molar-refractivity contribution is 6.00. The molecule has 1 aliphatic heterocycles. The lowest BCUT2D eigenvalue weighted by Gasteiger charge is -2.14. The van der Waals surface area contributed by atoms with Crippen molar-refractivity contribution in [2.75, 3.05) is 13.2 Å². The van der Waals surface area contributed by atoms with E-state index < -0.39 is 11.8 Å². The number of nitrogens with one attached hydrogen (secondary N) is 3. The fourth-order valence-corrected chi connectivity index (χ4v) is 3.18. The number of aromatic nitrogens is 2. The number of nitrogens with zero attached hydrogens (tertiary/aromatic N) is 1. The highest BCUT2D eigenvalue weighted by Crippen LogP contribution is 2.20. The fraction of sp³-hybridized carbons (Fsp3) is 0.227. The van der Waals surface area contributed by atoms with Crippen LogP contribution in [0.25, 0.3) is 11.3 Å². The summed E-state index contributed by atoms with van der Waals surface area (Å²) in [5.41, 5.74) is 6.89. The van der Waals surface area contributed by atoms with Gasteiger partial charge in [-0.2, -0.15) is 5.10 Å². The highest BCUT2D eigenvalue weighted by Gasteiger charge is 2.19. The van der Waals surface area contributed by atoms with Crippen molar-refractivity contribution in [3.8, 4) is 17.0 Å². The van der Waals surface area contributed by atoms with E-state index >= 15 is 0 Å². The second-order valence-corrected chi connectivity index (χ2v) is 6.88. The zero-order chi connectivity index (χ0) is 20.8. The van der Waals surface area contributed by atoms with E-state index in [-0.39, 0.29) is 11.8 Å². The number of rotatable bonds is 6. The fourth-order valence-electron chi connectivity index (χ4n) is 3.18. The van der Waals surface area contributed by atoms with Gasteiger partial charge in [0.05, 0.1) is 17.4 Å². The molecule has 0 spiro atoms. The zero-order valence-corrected chi connectivity index (χ0v) is 16.3. The van der Waals surface area contributed by atoms with E-state index in [0.29, 0.717) is 23.6 Å². The Labute approximate surface area is 173 Å². The van der Waals surface area contributed by atoms with Crippen LogP contribution in [-0.2, 0) is 4.74 Å². The van der Waals surface area contributed by atoms with Crippen LogP contribution >= 0.6 is 0 Å². The molecule has 0 radical (unpaired) electrons. The van der Waals surface area contributed by atoms with Crippen LogP contribution in [0, 0.1) is 0 Å². The van der Waals surface area contributed by atoms with Crippen molar-refractivity contribution in [2.24, 2.45) is 0 Å². The molecule has 2 aromatic carbocycles. The van der Waals surface area contributed by atoms with Gasteiger partial charge in [0.25, 0.3) is 11.8 Å². The molecule has 1 fully saturated rings. The summed E-state index contributed by atoms with van der Waals surface area (Å²) in [6.07, 6.45) is 2.00. The van der Waals surface area contributed by atoms with Gasteiger partial charge < -0.3 is 9.47 Å². The quantitative estimate of drug-likeness (QED) is 0.546. The Bertz CT molecular complexity index is 1010. The van der Waals surface area contributed by atoms with Crippen LogP contribution in [0.1, 0.15) is 33.7 Å². The largest absolute Gasteiger partial charge is 0.490 e. The van der Waals surface area contributed by atoms with E-state index in [1.54, 1.807) is 30.3 Å². The average Bonchev–Trinajstić information content (AvgIpc) is 3.49. The molecule has 8 heteroatoms. The van der Waals surface area contributed by atoms with Crippen molar-refractivity contribution in [1.29, 1.82) is 0 Å². The number of carbonyl (C=O) groups is 2. The van der Waals surface area contributed by atoms with Crippen LogP contribution in [0.5, 0.6) is 5.75 Å². The topological polar surface area (TPSA) is 105 Å². The summed E-state index contributed by atoms with van der Waals surface area (Å²) in [5, 5.41) is 6.82. The lowest BCUT2D eigenvalue weighted by Crippen LogP contribution is -2.42. The minimum Gasteiger partial charge on any atom is -0.490 e. The third kappa shape index (κ3) is 4.66. The highest BCUT2D eigenvalue weighted by atomic mass is 16.5. The van der Waals surface area contributed by atoms with E-state index in [1.165, 1.54) is 0 Å². The molecular formula is C22H22N4O4. The molecule has 0 bridgehead atoms. The number of hydrogen-bond acceptors (Lipinski definition) is 5. The van der Waals surface area contributed by atoms with Crippen LogP contribution in [0.3, 0.4) is 0 Å². The van der Waals surface area contributed by atoms with Crippen LogP contribution in [0.2, 0.25) is 0 Å². The van der Waals surface area contributed by atoms with Crippen LogP contribution < -0.4 is 15.6 Å². The second-order valence-electron chi connectivity index (χ2n) is 6.88. The molecule has 1 aromatic heterocycles. The second kappa shape index (κ2) is 9.23. The third-order valence-corrected chi connectivity index (χ3v) is 4.76. The van der Waals surface area contributed by atoms with Crippen molar-refractivity contribution < 1.29 is 19.1 Å². The zero-order valence-electron chi connectivity index (χ0n) is 16.3. The van der Waals surface area contributed by atoms with Crippen molar-refractivity contribution in [1.82, 2.24) is 21.0 Å². The summed E-state index contributed by atoms with van der Waals surface area (Å²) in [6.45, 7) is 1.12. The standard InChI is InChI=1S/C22H22N4O4/c27-21(17-10-4-5-11-20(17)30-14-16-9-6-12-29-16)25-26-22(28)19-13-18(23-24-19)15-7-2-1-3-8-15/h1-5,7-8,10-11,13,16H,6,9,12,14H2,(H,23,24)(H,25,27)(H,26,28)/t16-/m0/s1. The van der Waals surface area contributed by atoms with Crippen molar-refractivity contribution in [3.63, 3.8) is 0 Å². The van der Waals surface area contributed by atoms with Crippen LogP contribution in [-0.4, -0.2) is 41.3 Å². The minimum absolute atomic E-state index is 0.0417. The number of aromatic amines is 1. The van der Waals surface area contributed by atoms with E-state index in [4.69, 9.17) is 9.47 Å².